The van der Waals surface area contributed by atoms with Crippen LogP contribution in [0.1, 0.15) is 62.9 Å². The highest BCUT2D eigenvalue weighted by molar-refractivity contribution is 5.92. The maximum absolute atomic E-state index is 13.3. The Morgan fingerprint density at radius 1 is 1.29 bits per heavy atom. The number of fused-ring (bicyclic) bond motifs is 3. The molecule has 1 heterocycles. The van der Waals surface area contributed by atoms with Gasteiger partial charge in [-0.05, 0) is 61.0 Å². The van der Waals surface area contributed by atoms with Crippen molar-refractivity contribution in [1.29, 1.82) is 0 Å². The van der Waals surface area contributed by atoms with Crippen LogP contribution in [-0.2, 0) is 11.2 Å². The van der Waals surface area contributed by atoms with Crippen LogP contribution in [0.25, 0.3) is 0 Å². The van der Waals surface area contributed by atoms with Crippen LogP contribution in [0.5, 0.6) is 0 Å². The molecule has 2 bridgehead atoms. The number of esters is 1. The summed E-state index contributed by atoms with van der Waals surface area (Å²) in [5.41, 5.74) is -1.84. The van der Waals surface area contributed by atoms with Crippen molar-refractivity contribution < 1.29 is 34.5 Å². The summed E-state index contributed by atoms with van der Waals surface area (Å²) in [7, 11) is 0. The predicted molar refractivity (Wildman–Crippen MR) is 126 cm³/mol. The van der Waals surface area contributed by atoms with E-state index in [0.29, 0.717) is 29.4 Å². The van der Waals surface area contributed by atoms with Crippen molar-refractivity contribution in [2.75, 3.05) is 6.61 Å². The molecule has 0 aliphatic heterocycles. The highest BCUT2D eigenvalue weighted by Gasteiger charge is 2.76. The number of nitrogens with zero attached hydrogens (tertiary/aromatic N) is 1. The number of rotatable bonds is 4. The van der Waals surface area contributed by atoms with Gasteiger partial charge in [0.1, 0.15) is 23.0 Å². The monoisotopic (exact) mass is 487 g/mol. The standard InChI is InChI=1S/C27H37NO7/c1-7-18-19(14(4)35-28-18)24(32)34-23-12(2)10-26-13(3)8-17-20(25(17,5)6)16(22(26)31)9-15(11-29)21(30)27(23,26)33/h9-10,13,16-17,20-23,29-31,33H,7-8,11H2,1-6H3/t13-,16+,17-,20+,21-,22?,23+,26+,27+/m1/s1. The molecule has 192 valence electrons. The van der Waals surface area contributed by atoms with Crippen LogP contribution in [0.2, 0.25) is 0 Å². The number of ether oxygens (including phenoxy) is 1. The first-order chi connectivity index (χ1) is 16.4. The number of aliphatic hydroxyl groups excluding tert-OH is 3. The van der Waals surface area contributed by atoms with Crippen LogP contribution < -0.4 is 0 Å². The van der Waals surface area contributed by atoms with Gasteiger partial charge in [0.15, 0.2) is 6.10 Å². The lowest BCUT2D eigenvalue weighted by atomic mass is 9.58. The molecule has 2 fully saturated rings. The number of aryl methyl sites for hydroxylation is 2. The molecule has 1 spiro atoms. The van der Waals surface area contributed by atoms with E-state index in [1.54, 1.807) is 19.9 Å². The van der Waals surface area contributed by atoms with Gasteiger partial charge >= 0.3 is 5.97 Å². The lowest BCUT2D eigenvalue weighted by molar-refractivity contribution is -0.215. The van der Waals surface area contributed by atoms with Gasteiger partial charge in [-0.15, -0.1) is 0 Å². The topological polar surface area (TPSA) is 133 Å². The summed E-state index contributed by atoms with van der Waals surface area (Å²) in [6, 6.07) is 0. The third-order valence-electron chi connectivity index (χ3n) is 9.86. The molecule has 1 aromatic heterocycles. The summed E-state index contributed by atoms with van der Waals surface area (Å²) in [6.07, 6.45) is 1.03. The Balaban J connectivity index is 1.63. The fourth-order valence-electron chi connectivity index (χ4n) is 7.99. The summed E-state index contributed by atoms with van der Waals surface area (Å²) >= 11 is 0. The van der Waals surface area contributed by atoms with E-state index in [4.69, 9.17) is 9.26 Å². The number of aromatic nitrogens is 1. The number of hydrogen-bond acceptors (Lipinski definition) is 8. The first-order valence-corrected chi connectivity index (χ1v) is 12.6. The molecule has 0 amide bonds. The minimum absolute atomic E-state index is 0.0115. The van der Waals surface area contributed by atoms with Crippen LogP contribution in [0.3, 0.4) is 0 Å². The van der Waals surface area contributed by atoms with E-state index in [9.17, 15) is 25.2 Å². The fraction of sp³-hybridized carbons (Fsp3) is 0.704. The molecule has 1 aromatic rings. The summed E-state index contributed by atoms with van der Waals surface area (Å²) in [5.74, 6) is -0.449. The third-order valence-corrected chi connectivity index (χ3v) is 9.86. The van der Waals surface area contributed by atoms with E-state index in [1.165, 1.54) is 0 Å². The van der Waals surface area contributed by atoms with Crippen LogP contribution in [0, 0.1) is 41.4 Å². The Bertz CT molecular complexity index is 1120. The smallest absolute Gasteiger partial charge is 0.344 e. The predicted octanol–water partition coefficient (Wildman–Crippen LogP) is 2.33. The average molecular weight is 488 g/mol. The highest BCUT2D eigenvalue weighted by Crippen LogP contribution is 2.72. The van der Waals surface area contributed by atoms with Gasteiger partial charge in [-0.25, -0.2) is 4.79 Å². The van der Waals surface area contributed by atoms with Crippen molar-refractivity contribution in [3.05, 3.63) is 40.3 Å². The van der Waals surface area contributed by atoms with Crippen LogP contribution in [0.15, 0.2) is 27.8 Å². The summed E-state index contributed by atoms with van der Waals surface area (Å²) in [4.78, 5) is 13.3. The van der Waals surface area contributed by atoms with E-state index >= 15 is 0 Å². The molecule has 4 N–H and O–H groups in total. The van der Waals surface area contributed by atoms with Gasteiger partial charge in [0, 0.05) is 5.92 Å². The van der Waals surface area contributed by atoms with Crippen molar-refractivity contribution in [2.45, 2.75) is 78.3 Å². The Kier molecular flexibility index (Phi) is 5.46. The number of hydrogen-bond donors (Lipinski definition) is 4. The lowest BCUT2D eigenvalue weighted by Gasteiger charge is -2.52. The summed E-state index contributed by atoms with van der Waals surface area (Å²) in [6.45, 7) is 11.1. The van der Waals surface area contributed by atoms with Gasteiger partial charge in [0.2, 0.25) is 0 Å². The van der Waals surface area contributed by atoms with Crippen molar-refractivity contribution >= 4 is 5.97 Å². The lowest BCUT2D eigenvalue weighted by Crippen LogP contribution is -2.66. The first kappa shape index (κ1) is 24.7. The van der Waals surface area contributed by atoms with Gasteiger partial charge in [-0.3, -0.25) is 0 Å². The van der Waals surface area contributed by atoms with Crippen LogP contribution >= 0.6 is 0 Å². The molecular formula is C27H37NO7. The minimum atomic E-state index is -2.06. The van der Waals surface area contributed by atoms with E-state index in [1.807, 2.05) is 19.9 Å². The van der Waals surface area contributed by atoms with Crippen LogP contribution in [0.4, 0.5) is 0 Å². The zero-order chi connectivity index (χ0) is 25.7. The Morgan fingerprint density at radius 3 is 2.60 bits per heavy atom. The molecule has 2 saturated carbocycles. The van der Waals surface area contributed by atoms with E-state index in [-0.39, 0.29) is 34.3 Å². The molecule has 1 unspecified atom stereocenters. The van der Waals surface area contributed by atoms with Crippen LogP contribution in [-0.4, -0.2) is 62.1 Å². The molecular weight excluding hydrogens is 450 g/mol. The zero-order valence-corrected chi connectivity index (χ0v) is 21.3. The van der Waals surface area contributed by atoms with Gasteiger partial charge < -0.3 is 29.7 Å². The quantitative estimate of drug-likeness (QED) is 0.376. The van der Waals surface area contributed by atoms with E-state index in [0.717, 1.165) is 6.42 Å². The van der Waals surface area contributed by atoms with Gasteiger partial charge in [-0.1, -0.05) is 45.0 Å². The SMILES string of the molecule is CCc1noc(C)c1C(=O)O[C@H]1C(C)=C[C@]23C(O)[C@@H](C=C(CO)[C@@H](O)[C@]12O)[C@H]1[C@@H](C[C@H]3C)C1(C)C. The number of carbonyl (C=O) groups is 1. The minimum Gasteiger partial charge on any atom is -0.451 e. The van der Waals surface area contributed by atoms with Crippen molar-refractivity contribution in [2.24, 2.45) is 34.5 Å². The number of carbonyl (C=O) groups excluding carboxylic acids is 1. The third kappa shape index (κ3) is 2.94. The molecule has 9 atom stereocenters. The molecule has 0 saturated heterocycles. The van der Waals surface area contributed by atoms with Crippen molar-refractivity contribution in [3.8, 4) is 0 Å². The summed E-state index contributed by atoms with van der Waals surface area (Å²) < 4.78 is 11.1. The zero-order valence-electron chi connectivity index (χ0n) is 21.3. The van der Waals surface area contributed by atoms with Crippen molar-refractivity contribution in [1.82, 2.24) is 5.16 Å². The Hall–Kier alpha value is -2.00. The second-order valence-corrected chi connectivity index (χ2v) is 11.8. The van der Waals surface area contributed by atoms with Gasteiger partial charge in [0.25, 0.3) is 0 Å². The second kappa shape index (κ2) is 7.75. The summed E-state index contributed by atoms with van der Waals surface area (Å²) in [5, 5.41) is 50.2. The first-order valence-electron chi connectivity index (χ1n) is 12.6. The van der Waals surface area contributed by atoms with Gasteiger partial charge in [-0.2, -0.15) is 0 Å². The highest BCUT2D eigenvalue weighted by atomic mass is 16.6. The molecule has 0 aromatic carbocycles. The molecule has 5 rings (SSSR count). The normalized spacial score (nSPS) is 43.3. The van der Waals surface area contributed by atoms with Crippen molar-refractivity contribution in [3.63, 3.8) is 0 Å². The Morgan fingerprint density at radius 2 is 1.97 bits per heavy atom. The van der Waals surface area contributed by atoms with Gasteiger partial charge in [0.05, 0.1) is 23.8 Å². The molecule has 0 radical (unpaired) electrons. The maximum atomic E-state index is 13.3. The molecule has 4 aliphatic rings. The second-order valence-electron chi connectivity index (χ2n) is 11.8. The molecule has 8 heteroatoms. The Labute approximate surface area is 205 Å². The average Bonchev–Trinajstić information content (AvgIpc) is 3.08. The number of aliphatic hydroxyl groups is 4. The largest absolute Gasteiger partial charge is 0.451 e. The fourth-order valence-corrected chi connectivity index (χ4v) is 7.99. The molecule has 4 aliphatic carbocycles. The molecule has 35 heavy (non-hydrogen) atoms. The maximum Gasteiger partial charge on any atom is 0.344 e. The van der Waals surface area contributed by atoms with E-state index < -0.39 is 41.9 Å². The molecule has 8 nitrogen and oxygen atoms in total. The van der Waals surface area contributed by atoms with E-state index in [2.05, 4.69) is 19.0 Å².